The fraction of sp³-hybridized carbons (Fsp3) is 0.273. The van der Waals surface area contributed by atoms with Crippen molar-refractivity contribution in [3.05, 3.63) is 72.2 Å². The van der Waals surface area contributed by atoms with Crippen LogP contribution in [-0.4, -0.2) is 48.7 Å². The quantitative estimate of drug-likeness (QED) is 0.628. The summed E-state index contributed by atoms with van der Waals surface area (Å²) in [5.41, 5.74) is 1.88. The van der Waals surface area contributed by atoms with Gasteiger partial charge in [0, 0.05) is 38.3 Å². The topological polar surface area (TPSA) is 70.6 Å². The van der Waals surface area contributed by atoms with Crippen molar-refractivity contribution in [3.63, 3.8) is 0 Å². The zero-order chi connectivity index (χ0) is 21.3. The summed E-state index contributed by atoms with van der Waals surface area (Å²) in [4.78, 5) is 18.9. The molecule has 0 radical (unpaired) electrons. The summed E-state index contributed by atoms with van der Waals surface area (Å²) in [7, 11) is -2.01. The third-order valence-corrected chi connectivity index (χ3v) is 7.29. The van der Waals surface area contributed by atoms with Crippen molar-refractivity contribution in [1.29, 1.82) is 0 Å². The minimum atomic E-state index is -3.74. The minimum Gasteiger partial charge on any atom is -0.341 e. The zero-order valence-corrected chi connectivity index (χ0v) is 17.3. The van der Waals surface area contributed by atoms with Crippen molar-refractivity contribution >= 4 is 26.8 Å². The molecule has 4 rings (SSSR count). The van der Waals surface area contributed by atoms with E-state index < -0.39 is 21.8 Å². The maximum Gasteiger partial charge on any atom is 0.243 e. The molecular weight excluding hydrogens is 405 g/mol. The highest BCUT2D eigenvalue weighted by Gasteiger charge is 2.36. The second-order valence-corrected chi connectivity index (χ2v) is 9.47. The van der Waals surface area contributed by atoms with E-state index in [-0.39, 0.29) is 23.9 Å². The van der Waals surface area contributed by atoms with Gasteiger partial charge in [-0.15, -0.1) is 0 Å². The molecule has 2 heterocycles. The number of rotatable bonds is 5. The molecule has 30 heavy (non-hydrogen) atoms. The van der Waals surface area contributed by atoms with Gasteiger partial charge < -0.3 is 4.90 Å². The highest BCUT2D eigenvalue weighted by atomic mass is 32.2. The van der Waals surface area contributed by atoms with Crippen LogP contribution < -0.4 is 0 Å². The number of carbonyl (C=O) groups is 1. The Bertz CT molecular complexity index is 1180. The summed E-state index contributed by atoms with van der Waals surface area (Å²) < 4.78 is 40.0. The van der Waals surface area contributed by atoms with E-state index in [4.69, 9.17) is 0 Å². The van der Waals surface area contributed by atoms with Crippen LogP contribution in [0.4, 0.5) is 4.39 Å². The van der Waals surface area contributed by atoms with Crippen molar-refractivity contribution in [3.8, 4) is 0 Å². The first-order valence-corrected chi connectivity index (χ1v) is 11.1. The van der Waals surface area contributed by atoms with Crippen molar-refractivity contribution in [1.82, 2.24) is 14.2 Å². The summed E-state index contributed by atoms with van der Waals surface area (Å²) in [6.07, 6.45) is 2.20. The number of carbonyl (C=O) groups excluding carboxylic acids is 1. The van der Waals surface area contributed by atoms with Crippen LogP contribution >= 0.6 is 0 Å². The van der Waals surface area contributed by atoms with Gasteiger partial charge in [0.05, 0.1) is 16.3 Å². The van der Waals surface area contributed by atoms with Crippen molar-refractivity contribution in [2.24, 2.45) is 5.92 Å². The number of nitrogens with zero attached hydrogens (tertiary/aromatic N) is 3. The minimum absolute atomic E-state index is 0.0372. The van der Waals surface area contributed by atoms with E-state index in [1.54, 1.807) is 18.1 Å². The van der Waals surface area contributed by atoms with Gasteiger partial charge in [0.15, 0.2) is 0 Å². The lowest BCUT2D eigenvalue weighted by Gasteiger charge is -2.22. The molecule has 0 spiro atoms. The summed E-state index contributed by atoms with van der Waals surface area (Å²) in [6.45, 7) is 0.834. The molecule has 1 saturated heterocycles. The summed E-state index contributed by atoms with van der Waals surface area (Å²) in [5, 5.41) is 1.01. The second kappa shape index (κ2) is 8.12. The van der Waals surface area contributed by atoms with Gasteiger partial charge in [-0.2, -0.15) is 4.31 Å². The summed E-state index contributed by atoms with van der Waals surface area (Å²) in [6, 6.07) is 14.5. The molecular formula is C22H22FN3O3S. The van der Waals surface area contributed by atoms with Gasteiger partial charge in [-0.25, -0.2) is 12.8 Å². The number of sulfonamides is 1. The number of benzene rings is 2. The third-order valence-electron chi connectivity index (χ3n) is 5.42. The Labute approximate surface area is 175 Å². The number of hydrogen-bond acceptors (Lipinski definition) is 4. The largest absolute Gasteiger partial charge is 0.341 e. The Morgan fingerprint density at radius 1 is 1.20 bits per heavy atom. The fourth-order valence-electron chi connectivity index (χ4n) is 3.79. The van der Waals surface area contributed by atoms with Gasteiger partial charge in [0.1, 0.15) is 5.82 Å². The van der Waals surface area contributed by atoms with Gasteiger partial charge >= 0.3 is 0 Å². The Hall–Kier alpha value is -2.84. The highest BCUT2D eigenvalue weighted by Crippen LogP contribution is 2.26. The molecule has 6 nitrogen and oxygen atoms in total. The molecule has 2 aromatic carbocycles. The molecule has 1 amide bonds. The third kappa shape index (κ3) is 4.06. The van der Waals surface area contributed by atoms with E-state index >= 15 is 0 Å². The standard InChI is InChI=1S/C22H22FN3O3S/c1-25(14-16-4-9-21-17(13-16)3-2-11-24-21)22(27)18-10-12-26(15-18)30(28,29)20-7-5-19(23)6-8-20/h2-9,11,13,18H,10,12,14-15H2,1H3/t18-/m1/s1. The Balaban J connectivity index is 1.42. The van der Waals surface area contributed by atoms with Crippen molar-refractivity contribution < 1.29 is 17.6 Å². The average molecular weight is 428 g/mol. The molecule has 1 aliphatic heterocycles. The monoisotopic (exact) mass is 427 g/mol. The van der Waals surface area contributed by atoms with Crippen LogP contribution in [0.5, 0.6) is 0 Å². The molecule has 0 saturated carbocycles. The Morgan fingerprint density at radius 2 is 1.97 bits per heavy atom. The van der Waals surface area contributed by atoms with E-state index in [2.05, 4.69) is 4.98 Å². The maximum atomic E-state index is 13.1. The van der Waals surface area contributed by atoms with Gasteiger partial charge in [-0.1, -0.05) is 12.1 Å². The predicted octanol–water partition coefficient (Wildman–Crippen LogP) is 3.04. The van der Waals surface area contributed by atoms with Crippen molar-refractivity contribution in [2.45, 2.75) is 17.9 Å². The molecule has 1 aromatic heterocycles. The van der Waals surface area contributed by atoms with E-state index in [1.807, 2.05) is 30.3 Å². The van der Waals surface area contributed by atoms with Crippen LogP contribution in [0.3, 0.4) is 0 Å². The van der Waals surface area contributed by atoms with Crippen molar-refractivity contribution in [2.75, 3.05) is 20.1 Å². The lowest BCUT2D eigenvalue weighted by Crippen LogP contribution is -2.35. The Morgan fingerprint density at radius 3 is 2.73 bits per heavy atom. The molecule has 0 N–H and O–H groups in total. The first-order chi connectivity index (χ1) is 14.3. The first kappa shape index (κ1) is 20.4. The molecule has 1 atom stereocenters. The summed E-state index contributed by atoms with van der Waals surface area (Å²) in [5.74, 6) is -0.972. The lowest BCUT2D eigenvalue weighted by atomic mass is 10.1. The first-order valence-electron chi connectivity index (χ1n) is 9.69. The number of fused-ring (bicyclic) bond motifs is 1. The van der Waals surface area contributed by atoms with Crippen LogP contribution in [0.15, 0.2) is 65.7 Å². The second-order valence-electron chi connectivity index (χ2n) is 7.53. The van der Waals surface area contributed by atoms with E-state index in [0.717, 1.165) is 28.6 Å². The van der Waals surface area contributed by atoms with Gasteiger partial charge in [-0.05, 0) is 54.4 Å². The molecule has 3 aromatic rings. The van der Waals surface area contributed by atoms with Gasteiger partial charge in [0.25, 0.3) is 0 Å². The number of hydrogen-bond donors (Lipinski definition) is 0. The van der Waals surface area contributed by atoms with Crippen LogP contribution in [0.2, 0.25) is 0 Å². The smallest absolute Gasteiger partial charge is 0.243 e. The Kier molecular flexibility index (Phi) is 5.53. The maximum absolute atomic E-state index is 13.1. The lowest BCUT2D eigenvalue weighted by molar-refractivity contribution is -0.134. The van der Waals surface area contributed by atoms with E-state index in [0.29, 0.717) is 13.0 Å². The fourth-order valence-corrected chi connectivity index (χ4v) is 5.29. The number of aromatic nitrogens is 1. The van der Waals surface area contributed by atoms with Crippen LogP contribution in [-0.2, 0) is 21.4 Å². The van der Waals surface area contributed by atoms with E-state index in [1.165, 1.54) is 16.4 Å². The molecule has 1 fully saturated rings. The molecule has 8 heteroatoms. The van der Waals surface area contributed by atoms with Gasteiger partial charge in [0.2, 0.25) is 15.9 Å². The van der Waals surface area contributed by atoms with E-state index in [9.17, 15) is 17.6 Å². The molecule has 1 aliphatic rings. The van der Waals surface area contributed by atoms with Crippen LogP contribution in [0, 0.1) is 11.7 Å². The highest BCUT2D eigenvalue weighted by molar-refractivity contribution is 7.89. The SMILES string of the molecule is CN(Cc1ccc2ncccc2c1)C(=O)[C@@H]1CCN(S(=O)(=O)c2ccc(F)cc2)C1. The molecule has 0 bridgehead atoms. The number of pyridine rings is 1. The molecule has 0 unspecified atom stereocenters. The molecule has 156 valence electrons. The zero-order valence-electron chi connectivity index (χ0n) is 16.5. The van der Waals surface area contributed by atoms with Crippen LogP contribution in [0.1, 0.15) is 12.0 Å². The van der Waals surface area contributed by atoms with Crippen LogP contribution in [0.25, 0.3) is 10.9 Å². The normalized spacial score (nSPS) is 17.3. The number of halogens is 1. The van der Waals surface area contributed by atoms with Gasteiger partial charge in [-0.3, -0.25) is 9.78 Å². The molecule has 0 aliphatic carbocycles. The summed E-state index contributed by atoms with van der Waals surface area (Å²) >= 11 is 0. The number of amides is 1. The average Bonchev–Trinajstić information content (AvgIpc) is 3.24. The predicted molar refractivity (Wildman–Crippen MR) is 111 cm³/mol.